The van der Waals surface area contributed by atoms with Gasteiger partial charge in [-0.1, -0.05) is 97.1 Å². The first-order valence-corrected chi connectivity index (χ1v) is 18.6. The van der Waals surface area contributed by atoms with E-state index in [0.29, 0.717) is 16.9 Å². The van der Waals surface area contributed by atoms with Gasteiger partial charge >= 0.3 is 0 Å². The molecule has 0 saturated heterocycles. The number of rotatable bonds is 4. The van der Waals surface area contributed by atoms with Crippen LogP contribution in [0.3, 0.4) is 0 Å². The summed E-state index contributed by atoms with van der Waals surface area (Å²) in [6.07, 6.45) is 0. The number of nitrogens with zero attached hydrogens (tertiary/aromatic N) is 6. The van der Waals surface area contributed by atoms with Crippen LogP contribution in [0, 0.1) is 24.5 Å². The standard InChI is InChI=1S/C51H28N6/c1-53-34-25-26-47-42(30-34)40-16-5-7-19-43(40)55(47)36-28-33(27-35(29-36)54-2)37-18-11-13-32(31-52)51(37)57-46-22-10-6-17-41(46)50-48(23-12-24-49(50)57)56-44-20-8-3-14-38(44)39-15-4-9-21-45(39)56/h3-30H. The van der Waals surface area contributed by atoms with Crippen molar-refractivity contribution in [3.05, 3.63) is 198 Å². The second-order valence-electron chi connectivity index (χ2n) is 14.2. The molecule has 11 aromatic rings. The van der Waals surface area contributed by atoms with E-state index in [0.717, 1.165) is 82.8 Å². The molecule has 3 aromatic heterocycles. The molecule has 0 unspecified atom stereocenters. The molecule has 0 fully saturated rings. The number of aromatic nitrogens is 3. The van der Waals surface area contributed by atoms with Gasteiger partial charge in [-0.05, 0) is 83.7 Å². The van der Waals surface area contributed by atoms with E-state index >= 15 is 0 Å². The molecule has 0 amide bonds. The Morgan fingerprint density at radius 2 is 1.00 bits per heavy atom. The molecule has 0 aliphatic rings. The molecule has 57 heavy (non-hydrogen) atoms. The van der Waals surface area contributed by atoms with Gasteiger partial charge in [-0.25, -0.2) is 9.69 Å². The van der Waals surface area contributed by atoms with Gasteiger partial charge in [0.1, 0.15) is 6.07 Å². The zero-order chi connectivity index (χ0) is 38.2. The first-order valence-electron chi connectivity index (χ1n) is 18.6. The third kappa shape index (κ3) is 4.61. The fourth-order valence-electron chi connectivity index (χ4n) is 8.97. The van der Waals surface area contributed by atoms with Crippen LogP contribution in [0.15, 0.2) is 170 Å². The Labute approximate surface area is 327 Å². The second-order valence-corrected chi connectivity index (χ2v) is 14.2. The molecular formula is C51H28N6. The van der Waals surface area contributed by atoms with Crippen molar-refractivity contribution in [3.63, 3.8) is 0 Å². The quantitative estimate of drug-likeness (QED) is 0.167. The Morgan fingerprint density at radius 1 is 0.439 bits per heavy atom. The van der Waals surface area contributed by atoms with Crippen molar-refractivity contribution >= 4 is 76.8 Å². The van der Waals surface area contributed by atoms with E-state index in [-0.39, 0.29) is 0 Å². The lowest BCUT2D eigenvalue weighted by Crippen LogP contribution is -2.02. The monoisotopic (exact) mass is 724 g/mol. The summed E-state index contributed by atoms with van der Waals surface area (Å²) in [7, 11) is 0. The number of nitriles is 1. The molecule has 0 bridgehead atoms. The van der Waals surface area contributed by atoms with E-state index in [2.05, 4.69) is 133 Å². The third-order valence-corrected chi connectivity index (χ3v) is 11.3. The third-order valence-electron chi connectivity index (χ3n) is 11.3. The highest BCUT2D eigenvalue weighted by atomic mass is 15.0. The van der Waals surface area contributed by atoms with Crippen LogP contribution in [0.2, 0.25) is 0 Å². The van der Waals surface area contributed by atoms with Gasteiger partial charge in [-0.3, -0.25) is 0 Å². The van der Waals surface area contributed by atoms with Gasteiger partial charge in [0.05, 0.1) is 63.2 Å². The van der Waals surface area contributed by atoms with Crippen molar-refractivity contribution < 1.29 is 0 Å². The molecule has 0 aliphatic heterocycles. The van der Waals surface area contributed by atoms with E-state index in [1.807, 2.05) is 66.7 Å². The van der Waals surface area contributed by atoms with Crippen molar-refractivity contribution in [2.45, 2.75) is 0 Å². The Bertz CT molecular complexity index is 3580. The van der Waals surface area contributed by atoms with Crippen LogP contribution in [0.25, 0.3) is 103 Å². The van der Waals surface area contributed by atoms with Gasteiger partial charge in [-0.15, -0.1) is 0 Å². The average Bonchev–Trinajstić information content (AvgIpc) is 3.91. The van der Waals surface area contributed by atoms with Gasteiger partial charge in [-0.2, -0.15) is 5.26 Å². The minimum Gasteiger partial charge on any atom is -0.311 e. The van der Waals surface area contributed by atoms with Crippen molar-refractivity contribution in [3.8, 4) is 34.3 Å². The summed E-state index contributed by atoms with van der Waals surface area (Å²) in [4.78, 5) is 7.66. The molecule has 0 saturated carbocycles. The van der Waals surface area contributed by atoms with Crippen LogP contribution in [0.5, 0.6) is 0 Å². The molecule has 3 heterocycles. The molecule has 262 valence electrons. The lowest BCUT2D eigenvalue weighted by Gasteiger charge is -2.18. The molecule has 11 rings (SSSR count). The molecule has 6 nitrogen and oxygen atoms in total. The van der Waals surface area contributed by atoms with Gasteiger partial charge in [0.2, 0.25) is 0 Å². The van der Waals surface area contributed by atoms with Crippen molar-refractivity contribution in [1.29, 1.82) is 5.26 Å². The number of para-hydroxylation sites is 5. The van der Waals surface area contributed by atoms with Crippen LogP contribution in [-0.4, -0.2) is 13.7 Å². The van der Waals surface area contributed by atoms with Crippen LogP contribution in [0.4, 0.5) is 11.4 Å². The van der Waals surface area contributed by atoms with E-state index < -0.39 is 0 Å². The van der Waals surface area contributed by atoms with Crippen LogP contribution >= 0.6 is 0 Å². The summed E-state index contributed by atoms with van der Waals surface area (Å²) < 4.78 is 6.76. The molecule has 0 aliphatic carbocycles. The lowest BCUT2D eigenvalue weighted by atomic mass is 9.98. The van der Waals surface area contributed by atoms with Crippen molar-refractivity contribution in [2.24, 2.45) is 0 Å². The van der Waals surface area contributed by atoms with E-state index in [1.54, 1.807) is 0 Å². The van der Waals surface area contributed by atoms with Crippen LogP contribution in [-0.2, 0) is 0 Å². The van der Waals surface area contributed by atoms with Crippen molar-refractivity contribution in [2.75, 3.05) is 0 Å². The normalized spacial score (nSPS) is 11.5. The molecule has 0 N–H and O–H groups in total. The molecule has 0 atom stereocenters. The molecule has 0 spiro atoms. The number of hydrogen-bond donors (Lipinski definition) is 0. The largest absolute Gasteiger partial charge is 0.311 e. The Hall–Kier alpha value is -8.37. The van der Waals surface area contributed by atoms with E-state index in [1.165, 1.54) is 10.8 Å². The minimum atomic E-state index is 0.482. The first kappa shape index (κ1) is 32.1. The summed E-state index contributed by atoms with van der Waals surface area (Å²) in [5, 5.41) is 17.4. The summed E-state index contributed by atoms with van der Waals surface area (Å²) in [6.45, 7) is 15.9. The second kappa shape index (κ2) is 12.3. The van der Waals surface area contributed by atoms with Crippen LogP contribution in [0.1, 0.15) is 5.56 Å². The maximum Gasteiger partial charge on any atom is 0.189 e. The highest BCUT2D eigenvalue weighted by molar-refractivity contribution is 6.17. The summed E-state index contributed by atoms with van der Waals surface area (Å²) in [6, 6.07) is 60.2. The van der Waals surface area contributed by atoms with E-state index in [4.69, 9.17) is 13.1 Å². The zero-order valence-corrected chi connectivity index (χ0v) is 30.3. The summed E-state index contributed by atoms with van der Waals surface area (Å²) >= 11 is 0. The smallest absolute Gasteiger partial charge is 0.189 e. The molecular weight excluding hydrogens is 697 g/mol. The lowest BCUT2D eigenvalue weighted by molar-refractivity contribution is 1.16. The SMILES string of the molecule is [C-]#[N+]c1cc(-c2cccc(C#N)c2-n2c3ccccc3c3c(-n4c5ccccc5c5ccccc54)cccc32)cc(-n2c3ccccc3c3cc([N+]#[C-])ccc32)c1. The summed E-state index contributed by atoms with van der Waals surface area (Å²) in [5.41, 5.74) is 12.0. The fraction of sp³-hybridized carbons (Fsp3) is 0. The minimum absolute atomic E-state index is 0.482. The highest BCUT2D eigenvalue weighted by Crippen LogP contribution is 2.44. The van der Waals surface area contributed by atoms with Gasteiger partial charge in [0.25, 0.3) is 0 Å². The topological polar surface area (TPSA) is 47.3 Å². The predicted octanol–water partition coefficient (Wildman–Crippen LogP) is 13.6. The van der Waals surface area contributed by atoms with Crippen molar-refractivity contribution in [1.82, 2.24) is 13.7 Å². The molecule has 0 radical (unpaired) electrons. The molecule has 8 aromatic carbocycles. The van der Waals surface area contributed by atoms with Crippen LogP contribution < -0.4 is 0 Å². The fourth-order valence-corrected chi connectivity index (χ4v) is 8.97. The molecule has 6 heteroatoms. The maximum atomic E-state index is 10.8. The predicted molar refractivity (Wildman–Crippen MR) is 232 cm³/mol. The number of benzene rings is 8. The van der Waals surface area contributed by atoms with E-state index in [9.17, 15) is 5.26 Å². The average molecular weight is 725 g/mol. The number of fused-ring (bicyclic) bond motifs is 9. The first-order chi connectivity index (χ1) is 28.2. The maximum absolute atomic E-state index is 10.8. The zero-order valence-electron chi connectivity index (χ0n) is 30.3. The Kier molecular flexibility index (Phi) is 6.95. The van der Waals surface area contributed by atoms with Gasteiger partial charge < -0.3 is 13.7 Å². The Morgan fingerprint density at radius 3 is 1.67 bits per heavy atom. The highest BCUT2D eigenvalue weighted by Gasteiger charge is 2.23. The Balaban J connectivity index is 1.21. The van der Waals surface area contributed by atoms with Gasteiger partial charge in [0.15, 0.2) is 11.4 Å². The summed E-state index contributed by atoms with van der Waals surface area (Å²) in [5.74, 6) is 0. The number of hydrogen-bond acceptors (Lipinski definition) is 1. The van der Waals surface area contributed by atoms with Gasteiger partial charge in [0, 0.05) is 38.2 Å².